The van der Waals surface area contributed by atoms with Gasteiger partial charge in [-0.25, -0.2) is 18.5 Å². The molecular weight excluding hydrogens is 374 g/mol. The summed E-state index contributed by atoms with van der Waals surface area (Å²) in [6.45, 7) is 6.00. The van der Waals surface area contributed by atoms with Gasteiger partial charge >= 0.3 is 0 Å². The summed E-state index contributed by atoms with van der Waals surface area (Å²) in [4.78, 5) is 5.66. The number of thiazole rings is 1. The van der Waals surface area contributed by atoms with E-state index in [0.29, 0.717) is 4.47 Å². The number of hydrogen-bond donors (Lipinski definition) is 2. The van der Waals surface area contributed by atoms with Crippen LogP contribution in [0.25, 0.3) is 0 Å². The molecule has 1 heterocycles. The molecule has 0 fully saturated rings. The molecule has 1 unspecified atom stereocenters. The third-order valence-electron chi connectivity index (χ3n) is 2.97. The van der Waals surface area contributed by atoms with Crippen LogP contribution < -0.4 is 10.5 Å². The molecule has 0 radical (unpaired) electrons. The quantitative estimate of drug-likeness (QED) is 0.839. The van der Waals surface area contributed by atoms with E-state index in [0.717, 1.165) is 21.3 Å². The molecule has 3 N–H and O–H groups in total. The average Bonchev–Trinajstić information content (AvgIpc) is 2.69. The first-order valence-electron chi connectivity index (χ1n) is 6.21. The van der Waals surface area contributed by atoms with Crippen molar-refractivity contribution in [1.29, 1.82) is 0 Å². The van der Waals surface area contributed by atoms with Gasteiger partial charge in [-0.05, 0) is 54.9 Å². The summed E-state index contributed by atoms with van der Waals surface area (Å²) in [5.74, 6) is 0. The Bertz CT molecular complexity index is 772. The number of hydrogen-bond acceptors (Lipinski definition) is 5. The monoisotopic (exact) mass is 389 g/mol. The van der Waals surface area contributed by atoms with Crippen molar-refractivity contribution in [2.75, 3.05) is 5.32 Å². The van der Waals surface area contributed by atoms with Gasteiger partial charge in [-0.1, -0.05) is 0 Å². The van der Waals surface area contributed by atoms with Crippen LogP contribution >= 0.6 is 27.3 Å². The number of rotatable bonds is 4. The van der Waals surface area contributed by atoms with Crippen LogP contribution in [-0.4, -0.2) is 13.4 Å². The van der Waals surface area contributed by atoms with Crippen LogP contribution in [-0.2, 0) is 10.0 Å². The number of aryl methyl sites for hydroxylation is 2. The maximum Gasteiger partial charge on any atom is 0.238 e. The standard InChI is InChI=1S/C13H16BrN3O2S2/c1-7-13(20-9(3)16-7)8(2)17-12-5-4-10(6-11(12)14)21(15,18)19/h4-6,8,17H,1-3H3,(H2,15,18,19). The van der Waals surface area contributed by atoms with E-state index >= 15 is 0 Å². The largest absolute Gasteiger partial charge is 0.377 e. The van der Waals surface area contributed by atoms with Crippen LogP contribution in [0.3, 0.4) is 0 Å². The second-order valence-corrected chi connectivity index (χ2v) is 8.39. The van der Waals surface area contributed by atoms with Gasteiger partial charge in [-0.2, -0.15) is 0 Å². The summed E-state index contributed by atoms with van der Waals surface area (Å²) in [5.41, 5.74) is 1.81. The first-order valence-corrected chi connectivity index (χ1v) is 9.37. The van der Waals surface area contributed by atoms with Crippen LogP contribution in [0, 0.1) is 13.8 Å². The van der Waals surface area contributed by atoms with E-state index in [4.69, 9.17) is 5.14 Å². The highest BCUT2D eigenvalue weighted by Gasteiger charge is 2.15. The van der Waals surface area contributed by atoms with Gasteiger partial charge in [0.25, 0.3) is 0 Å². The van der Waals surface area contributed by atoms with Crippen molar-refractivity contribution in [2.45, 2.75) is 31.7 Å². The lowest BCUT2D eigenvalue weighted by Gasteiger charge is -2.16. The Kier molecular flexibility index (Phi) is 4.72. The number of primary sulfonamides is 1. The summed E-state index contributed by atoms with van der Waals surface area (Å²) in [6.07, 6.45) is 0. The third-order valence-corrected chi connectivity index (χ3v) is 5.80. The maximum absolute atomic E-state index is 11.3. The molecule has 5 nitrogen and oxygen atoms in total. The molecule has 0 aliphatic carbocycles. The molecule has 2 aromatic rings. The van der Waals surface area contributed by atoms with Gasteiger partial charge < -0.3 is 5.32 Å². The molecule has 0 bridgehead atoms. The van der Waals surface area contributed by atoms with Crippen molar-refractivity contribution in [3.8, 4) is 0 Å². The van der Waals surface area contributed by atoms with Gasteiger partial charge in [-0.15, -0.1) is 11.3 Å². The highest BCUT2D eigenvalue weighted by atomic mass is 79.9. The minimum Gasteiger partial charge on any atom is -0.377 e. The minimum atomic E-state index is -3.69. The summed E-state index contributed by atoms with van der Waals surface area (Å²) in [6, 6.07) is 4.76. The Labute approximate surface area is 136 Å². The normalized spacial score (nSPS) is 13.2. The molecule has 8 heteroatoms. The van der Waals surface area contributed by atoms with Gasteiger partial charge in [0, 0.05) is 15.0 Å². The predicted octanol–water partition coefficient (Wildman–Crippen LogP) is 3.34. The van der Waals surface area contributed by atoms with Gasteiger partial charge in [0.05, 0.1) is 21.6 Å². The number of halogens is 1. The number of benzene rings is 1. The summed E-state index contributed by atoms with van der Waals surface area (Å²) in [5, 5.41) is 9.49. The molecule has 0 spiro atoms. The second-order valence-electron chi connectivity index (χ2n) is 4.74. The number of nitrogens with one attached hydrogen (secondary N) is 1. The van der Waals surface area contributed by atoms with E-state index in [1.54, 1.807) is 17.4 Å². The van der Waals surface area contributed by atoms with Crippen LogP contribution in [0.2, 0.25) is 0 Å². The van der Waals surface area contributed by atoms with Crippen LogP contribution in [0.5, 0.6) is 0 Å². The van der Waals surface area contributed by atoms with Gasteiger partial charge in [-0.3, -0.25) is 0 Å². The zero-order chi connectivity index (χ0) is 15.8. The molecule has 0 amide bonds. The molecule has 1 atom stereocenters. The molecule has 1 aromatic carbocycles. The Hall–Kier alpha value is -0.960. The molecule has 0 aliphatic rings. The molecule has 114 valence electrons. The number of sulfonamides is 1. The molecule has 21 heavy (non-hydrogen) atoms. The first kappa shape index (κ1) is 16.4. The van der Waals surface area contributed by atoms with E-state index in [2.05, 4.69) is 26.2 Å². The van der Waals surface area contributed by atoms with Crippen molar-refractivity contribution in [1.82, 2.24) is 4.98 Å². The Morgan fingerprint density at radius 2 is 2.05 bits per heavy atom. The van der Waals surface area contributed by atoms with E-state index < -0.39 is 10.0 Å². The van der Waals surface area contributed by atoms with Crippen LogP contribution in [0.4, 0.5) is 5.69 Å². The highest BCUT2D eigenvalue weighted by Crippen LogP contribution is 2.31. The van der Waals surface area contributed by atoms with E-state index in [1.807, 2.05) is 20.8 Å². The lowest BCUT2D eigenvalue weighted by Crippen LogP contribution is -2.12. The minimum absolute atomic E-state index is 0.0767. The third kappa shape index (κ3) is 3.82. The number of anilines is 1. The van der Waals surface area contributed by atoms with Crippen molar-refractivity contribution in [3.05, 3.63) is 38.3 Å². The van der Waals surface area contributed by atoms with Gasteiger partial charge in [0.15, 0.2) is 0 Å². The summed E-state index contributed by atoms with van der Waals surface area (Å²) >= 11 is 5.02. The maximum atomic E-state index is 11.3. The first-order chi connectivity index (χ1) is 9.68. The Balaban J connectivity index is 2.26. The van der Waals surface area contributed by atoms with Gasteiger partial charge in [0.2, 0.25) is 10.0 Å². The van der Waals surface area contributed by atoms with Crippen LogP contribution in [0.15, 0.2) is 27.6 Å². The second kappa shape index (κ2) is 6.04. The average molecular weight is 390 g/mol. The van der Waals surface area contributed by atoms with Crippen LogP contribution in [0.1, 0.15) is 28.5 Å². The number of nitrogens with zero attached hydrogens (tertiary/aromatic N) is 1. The van der Waals surface area contributed by atoms with Crippen molar-refractivity contribution < 1.29 is 8.42 Å². The smallest absolute Gasteiger partial charge is 0.238 e. The topological polar surface area (TPSA) is 85.1 Å². The molecule has 0 saturated heterocycles. The fourth-order valence-corrected chi connectivity index (χ4v) is 4.15. The SMILES string of the molecule is Cc1nc(C)c(C(C)Nc2ccc(S(N)(=O)=O)cc2Br)s1. The lowest BCUT2D eigenvalue weighted by molar-refractivity contribution is 0.598. The summed E-state index contributed by atoms with van der Waals surface area (Å²) < 4.78 is 23.3. The molecular formula is C13H16BrN3O2S2. The Morgan fingerprint density at radius 1 is 1.38 bits per heavy atom. The molecule has 0 aliphatic heterocycles. The van der Waals surface area contributed by atoms with E-state index in [-0.39, 0.29) is 10.9 Å². The number of nitrogens with two attached hydrogens (primary N) is 1. The molecule has 1 aromatic heterocycles. The zero-order valence-electron chi connectivity index (χ0n) is 11.8. The fourth-order valence-electron chi connectivity index (χ4n) is 2.04. The molecule has 2 rings (SSSR count). The van der Waals surface area contributed by atoms with E-state index in [9.17, 15) is 8.42 Å². The Morgan fingerprint density at radius 3 is 2.52 bits per heavy atom. The van der Waals surface area contributed by atoms with Gasteiger partial charge in [0.1, 0.15) is 0 Å². The lowest BCUT2D eigenvalue weighted by atomic mass is 10.2. The van der Waals surface area contributed by atoms with E-state index in [1.165, 1.54) is 12.1 Å². The summed E-state index contributed by atoms with van der Waals surface area (Å²) in [7, 11) is -3.69. The highest BCUT2D eigenvalue weighted by molar-refractivity contribution is 9.10. The van der Waals surface area contributed by atoms with Crippen molar-refractivity contribution >= 4 is 43.0 Å². The predicted molar refractivity (Wildman–Crippen MR) is 89.1 cm³/mol. The van der Waals surface area contributed by atoms with Crippen molar-refractivity contribution in [2.24, 2.45) is 5.14 Å². The number of aromatic nitrogens is 1. The molecule has 0 saturated carbocycles. The fraction of sp³-hybridized carbons (Fsp3) is 0.308. The van der Waals surface area contributed by atoms with Crippen molar-refractivity contribution in [3.63, 3.8) is 0 Å². The zero-order valence-corrected chi connectivity index (χ0v) is 15.1.